The Hall–Kier alpha value is -2.39. The number of carbonyl (C=O) groups is 2. The van der Waals surface area contributed by atoms with Crippen LogP contribution in [-0.4, -0.2) is 61.7 Å². The van der Waals surface area contributed by atoms with Gasteiger partial charge in [0.1, 0.15) is 18.4 Å². The molecule has 164 valence electrons. The monoisotopic (exact) mass is 435 g/mol. The highest BCUT2D eigenvalue weighted by atomic mass is 35.5. The Morgan fingerprint density at radius 2 is 2.07 bits per heavy atom. The number of halogens is 1. The molecular formula is C20H30ClN7O2. The summed E-state index contributed by atoms with van der Waals surface area (Å²) in [4.78, 5) is 31.7. The van der Waals surface area contributed by atoms with Crippen LogP contribution in [0.4, 0.5) is 0 Å². The number of amides is 2. The maximum atomic E-state index is 13.1. The van der Waals surface area contributed by atoms with Gasteiger partial charge in [0.05, 0.1) is 11.8 Å². The highest BCUT2D eigenvalue weighted by Crippen LogP contribution is 2.22. The van der Waals surface area contributed by atoms with Gasteiger partial charge in [0.2, 0.25) is 5.91 Å². The first-order chi connectivity index (χ1) is 14.1. The molecule has 30 heavy (non-hydrogen) atoms. The molecule has 1 aliphatic heterocycles. The second kappa shape index (κ2) is 10.1. The minimum absolute atomic E-state index is 0. The topological polar surface area (TPSA) is 97.1 Å². The molecule has 2 amide bonds. The molecule has 2 aliphatic rings. The Balaban J connectivity index is 0.00000256. The van der Waals surface area contributed by atoms with Gasteiger partial charge in [-0.2, -0.15) is 5.10 Å². The summed E-state index contributed by atoms with van der Waals surface area (Å²) < 4.78 is 3.49. The Labute approximate surface area is 182 Å². The third-order valence-electron chi connectivity index (χ3n) is 5.82. The third-order valence-corrected chi connectivity index (χ3v) is 5.82. The maximum Gasteiger partial charge on any atom is 0.257 e. The zero-order valence-corrected chi connectivity index (χ0v) is 18.1. The summed E-state index contributed by atoms with van der Waals surface area (Å²) in [5.41, 5.74) is 0.497. The van der Waals surface area contributed by atoms with E-state index in [2.05, 4.69) is 20.7 Å². The Bertz CT molecular complexity index is 859. The van der Waals surface area contributed by atoms with Gasteiger partial charge in [-0.1, -0.05) is 19.3 Å². The fraction of sp³-hybridized carbons (Fsp3) is 0.600. The lowest BCUT2D eigenvalue weighted by Crippen LogP contribution is -2.49. The average Bonchev–Trinajstić information content (AvgIpc) is 3.37. The molecule has 0 radical (unpaired) electrons. The first-order valence-electron chi connectivity index (χ1n) is 10.4. The first-order valence-corrected chi connectivity index (χ1v) is 10.4. The van der Waals surface area contributed by atoms with Crippen LogP contribution in [-0.2, 0) is 18.4 Å². The van der Waals surface area contributed by atoms with Crippen LogP contribution in [0.2, 0.25) is 0 Å². The molecule has 1 saturated carbocycles. The number of rotatable bonds is 5. The molecule has 2 fully saturated rings. The van der Waals surface area contributed by atoms with E-state index in [1.54, 1.807) is 23.3 Å². The van der Waals surface area contributed by atoms with Gasteiger partial charge >= 0.3 is 0 Å². The van der Waals surface area contributed by atoms with Crippen molar-refractivity contribution >= 4 is 24.2 Å². The minimum Gasteiger partial charge on any atom is -0.352 e. The number of aromatic nitrogens is 4. The predicted molar refractivity (Wildman–Crippen MR) is 114 cm³/mol. The minimum atomic E-state index is -0.130. The predicted octanol–water partition coefficient (Wildman–Crippen LogP) is 1.27. The molecule has 3 heterocycles. The van der Waals surface area contributed by atoms with Crippen LogP contribution in [0.3, 0.4) is 0 Å². The average molecular weight is 436 g/mol. The molecule has 2 aromatic heterocycles. The third kappa shape index (κ3) is 5.02. The lowest BCUT2D eigenvalue weighted by Gasteiger charge is -2.35. The molecule has 2 N–H and O–H groups in total. The number of nitrogens with zero attached hydrogens (tertiary/aromatic N) is 5. The second-order valence-electron chi connectivity index (χ2n) is 7.94. The van der Waals surface area contributed by atoms with E-state index in [0.717, 1.165) is 25.2 Å². The summed E-state index contributed by atoms with van der Waals surface area (Å²) in [6.07, 6.45) is 12.5. The van der Waals surface area contributed by atoms with E-state index in [0.29, 0.717) is 18.7 Å². The first kappa shape index (κ1) is 22.3. The van der Waals surface area contributed by atoms with Crippen LogP contribution in [0.15, 0.2) is 24.8 Å². The van der Waals surface area contributed by atoms with Crippen molar-refractivity contribution in [2.24, 2.45) is 7.05 Å². The molecule has 0 aromatic carbocycles. The molecule has 9 nitrogen and oxygen atoms in total. The number of hydrogen-bond acceptors (Lipinski definition) is 5. The van der Waals surface area contributed by atoms with Crippen molar-refractivity contribution in [3.63, 3.8) is 0 Å². The molecule has 2 aromatic rings. The molecule has 4 rings (SSSR count). The van der Waals surface area contributed by atoms with Crippen LogP contribution in [0, 0.1) is 0 Å². The van der Waals surface area contributed by atoms with Crippen LogP contribution in [0.5, 0.6) is 0 Å². The summed E-state index contributed by atoms with van der Waals surface area (Å²) in [7, 11) is 1.93. The summed E-state index contributed by atoms with van der Waals surface area (Å²) in [5, 5.41) is 10.7. The van der Waals surface area contributed by atoms with Gasteiger partial charge in [-0.15, -0.1) is 12.4 Å². The summed E-state index contributed by atoms with van der Waals surface area (Å²) in [5.74, 6) is 0.718. The van der Waals surface area contributed by atoms with Crippen molar-refractivity contribution in [2.75, 3.05) is 19.6 Å². The van der Waals surface area contributed by atoms with Crippen molar-refractivity contribution in [3.05, 3.63) is 36.2 Å². The van der Waals surface area contributed by atoms with Crippen LogP contribution < -0.4 is 10.6 Å². The molecule has 0 spiro atoms. The van der Waals surface area contributed by atoms with Gasteiger partial charge in [0, 0.05) is 51.3 Å². The lowest BCUT2D eigenvalue weighted by atomic mass is 9.95. The van der Waals surface area contributed by atoms with Gasteiger partial charge in [-0.25, -0.2) is 4.98 Å². The van der Waals surface area contributed by atoms with E-state index >= 15 is 0 Å². The van der Waals surface area contributed by atoms with Crippen LogP contribution >= 0.6 is 12.4 Å². The Morgan fingerprint density at radius 3 is 2.80 bits per heavy atom. The van der Waals surface area contributed by atoms with Crippen LogP contribution in [0.1, 0.15) is 54.3 Å². The zero-order chi connectivity index (χ0) is 20.2. The van der Waals surface area contributed by atoms with Crippen molar-refractivity contribution < 1.29 is 9.59 Å². The van der Waals surface area contributed by atoms with Gasteiger partial charge in [-0.05, 0) is 12.8 Å². The number of carbonyl (C=O) groups excluding carboxylic acids is 2. The zero-order valence-electron chi connectivity index (χ0n) is 17.3. The van der Waals surface area contributed by atoms with E-state index in [1.807, 2.05) is 22.7 Å². The standard InChI is InChI=1S/C20H29N7O2.ClH/c1-25-9-8-22-19(25)17-12-21-7-10-27(17)20(29)15-11-23-26(13-15)14-18(28)24-16-5-3-2-4-6-16;/h8-9,11,13,16-17,21H,2-7,10,12,14H2,1H3,(H,24,28);1H. The normalized spacial score (nSPS) is 19.9. The van der Waals surface area contributed by atoms with E-state index in [9.17, 15) is 9.59 Å². The number of piperazine rings is 1. The van der Waals surface area contributed by atoms with E-state index in [1.165, 1.54) is 19.3 Å². The second-order valence-corrected chi connectivity index (χ2v) is 7.94. The van der Waals surface area contributed by atoms with Crippen molar-refractivity contribution in [2.45, 2.75) is 50.7 Å². The highest BCUT2D eigenvalue weighted by molar-refractivity contribution is 5.94. The number of imidazole rings is 1. The van der Waals surface area contributed by atoms with Gasteiger partial charge in [-0.3, -0.25) is 14.3 Å². The fourth-order valence-corrected chi connectivity index (χ4v) is 4.27. The molecule has 1 unspecified atom stereocenters. The maximum absolute atomic E-state index is 13.1. The Morgan fingerprint density at radius 1 is 1.27 bits per heavy atom. The molecule has 1 saturated heterocycles. The summed E-state index contributed by atoms with van der Waals surface area (Å²) in [6, 6.07) is 0.140. The van der Waals surface area contributed by atoms with E-state index in [-0.39, 0.29) is 42.8 Å². The summed E-state index contributed by atoms with van der Waals surface area (Å²) in [6.45, 7) is 2.14. The number of aryl methyl sites for hydroxylation is 1. The van der Waals surface area contributed by atoms with E-state index < -0.39 is 0 Å². The van der Waals surface area contributed by atoms with Crippen molar-refractivity contribution in [1.82, 2.24) is 34.9 Å². The quantitative estimate of drug-likeness (QED) is 0.737. The molecule has 10 heteroatoms. The van der Waals surface area contributed by atoms with Gasteiger partial charge < -0.3 is 20.1 Å². The molecule has 1 atom stereocenters. The van der Waals surface area contributed by atoms with Gasteiger partial charge in [0.15, 0.2) is 0 Å². The van der Waals surface area contributed by atoms with Crippen molar-refractivity contribution in [3.8, 4) is 0 Å². The van der Waals surface area contributed by atoms with E-state index in [4.69, 9.17) is 0 Å². The smallest absolute Gasteiger partial charge is 0.257 e. The molecule has 0 bridgehead atoms. The largest absolute Gasteiger partial charge is 0.352 e. The summed E-state index contributed by atoms with van der Waals surface area (Å²) >= 11 is 0. The molecule has 1 aliphatic carbocycles. The fourth-order valence-electron chi connectivity index (χ4n) is 4.27. The number of nitrogens with one attached hydrogen (secondary N) is 2. The highest BCUT2D eigenvalue weighted by Gasteiger charge is 2.31. The molecular weight excluding hydrogens is 406 g/mol. The lowest BCUT2D eigenvalue weighted by molar-refractivity contribution is -0.122. The van der Waals surface area contributed by atoms with Gasteiger partial charge in [0.25, 0.3) is 5.91 Å². The SMILES string of the molecule is Cl.Cn1ccnc1C1CNCCN1C(=O)c1cnn(CC(=O)NC2CCCCC2)c1. The Kier molecular flexibility index (Phi) is 7.49. The number of hydrogen-bond donors (Lipinski definition) is 2. The van der Waals surface area contributed by atoms with Crippen molar-refractivity contribution in [1.29, 1.82) is 0 Å². The van der Waals surface area contributed by atoms with Crippen LogP contribution in [0.25, 0.3) is 0 Å².